The van der Waals surface area contributed by atoms with Gasteiger partial charge >= 0.3 is 0 Å². The largest absolute Gasteiger partial charge is 0.330 e. The second-order valence-corrected chi connectivity index (χ2v) is 4.25. The Morgan fingerprint density at radius 3 is 2.86 bits per heavy atom. The first-order valence-electron chi connectivity index (χ1n) is 4.72. The van der Waals surface area contributed by atoms with E-state index in [1.165, 1.54) is 0 Å². The molecule has 1 heterocycles. The highest BCUT2D eigenvalue weighted by Crippen LogP contribution is 2.08. The molecule has 1 rings (SSSR count). The minimum Gasteiger partial charge on any atom is -0.330 e. The zero-order valence-corrected chi connectivity index (χ0v) is 9.88. The predicted octanol–water partition coefficient (Wildman–Crippen LogP) is 1.66. The second kappa shape index (κ2) is 5.32. The highest BCUT2D eigenvalue weighted by molar-refractivity contribution is 9.10. The average molecular weight is 259 g/mol. The van der Waals surface area contributed by atoms with Gasteiger partial charge in [0.2, 0.25) is 0 Å². The van der Waals surface area contributed by atoms with Crippen LogP contribution in [0.25, 0.3) is 0 Å². The second-order valence-electron chi connectivity index (χ2n) is 3.34. The van der Waals surface area contributed by atoms with Gasteiger partial charge in [0.15, 0.2) is 0 Å². The summed E-state index contributed by atoms with van der Waals surface area (Å²) < 4.78 is 2.68. The van der Waals surface area contributed by atoms with Crippen LogP contribution in [0, 0.1) is 6.92 Å². The summed E-state index contributed by atoms with van der Waals surface area (Å²) in [5, 5.41) is 0. The lowest BCUT2D eigenvalue weighted by atomic mass is 10.3. The number of nitrogens with two attached hydrogens (primary N) is 1. The van der Waals surface area contributed by atoms with Crippen LogP contribution < -0.4 is 11.3 Å². The Labute approximate surface area is 92.1 Å². The normalized spacial score (nSPS) is 10.5. The minimum atomic E-state index is 0.0882. The molecule has 3 nitrogen and oxygen atoms in total. The number of hydrogen-bond donors (Lipinski definition) is 1. The molecular weight excluding hydrogens is 244 g/mol. The van der Waals surface area contributed by atoms with E-state index < -0.39 is 0 Å². The third-order valence-corrected chi connectivity index (χ3v) is 2.52. The summed E-state index contributed by atoms with van der Waals surface area (Å²) in [6.45, 7) is 3.25. The lowest BCUT2D eigenvalue weighted by molar-refractivity contribution is 0.595. The Bertz CT molecular complexity index is 360. The summed E-state index contributed by atoms with van der Waals surface area (Å²) in [4.78, 5) is 11.6. The molecule has 78 valence electrons. The van der Waals surface area contributed by atoms with Crippen molar-refractivity contribution in [1.82, 2.24) is 4.57 Å². The SMILES string of the molecule is Cc1cc(Br)cn(CCCCN)c1=O. The molecule has 0 aliphatic carbocycles. The zero-order chi connectivity index (χ0) is 10.6. The van der Waals surface area contributed by atoms with Gasteiger partial charge in [0, 0.05) is 22.8 Å². The molecule has 0 aliphatic rings. The molecule has 0 aromatic carbocycles. The molecule has 1 aromatic heterocycles. The van der Waals surface area contributed by atoms with Gasteiger partial charge in [-0.25, -0.2) is 0 Å². The molecule has 14 heavy (non-hydrogen) atoms. The molecular formula is C10H15BrN2O. The number of nitrogens with zero attached hydrogens (tertiary/aromatic N) is 1. The number of halogens is 1. The number of pyridine rings is 1. The minimum absolute atomic E-state index is 0.0882. The van der Waals surface area contributed by atoms with E-state index in [0.29, 0.717) is 6.54 Å². The van der Waals surface area contributed by atoms with Gasteiger partial charge < -0.3 is 10.3 Å². The van der Waals surface area contributed by atoms with E-state index in [-0.39, 0.29) is 5.56 Å². The van der Waals surface area contributed by atoms with Gasteiger partial charge in [0.1, 0.15) is 0 Å². The van der Waals surface area contributed by atoms with E-state index in [4.69, 9.17) is 5.73 Å². The van der Waals surface area contributed by atoms with Crippen molar-refractivity contribution in [2.24, 2.45) is 5.73 Å². The predicted molar refractivity (Wildman–Crippen MR) is 61.4 cm³/mol. The fraction of sp³-hybridized carbons (Fsp3) is 0.500. The fourth-order valence-electron chi connectivity index (χ4n) is 1.33. The smallest absolute Gasteiger partial charge is 0.253 e. The number of rotatable bonds is 4. The molecule has 0 saturated carbocycles. The van der Waals surface area contributed by atoms with E-state index in [2.05, 4.69) is 15.9 Å². The van der Waals surface area contributed by atoms with Gasteiger partial charge in [-0.1, -0.05) is 0 Å². The van der Waals surface area contributed by atoms with Crippen molar-refractivity contribution in [3.63, 3.8) is 0 Å². The van der Waals surface area contributed by atoms with Gasteiger partial charge in [-0.2, -0.15) is 0 Å². The lowest BCUT2D eigenvalue weighted by Crippen LogP contribution is -2.22. The number of hydrogen-bond acceptors (Lipinski definition) is 2. The molecule has 0 aliphatic heterocycles. The molecule has 0 fully saturated rings. The maximum atomic E-state index is 11.6. The van der Waals surface area contributed by atoms with E-state index in [0.717, 1.165) is 29.4 Å². The standard InChI is InChI=1S/C10H15BrN2O/c1-8-6-9(11)7-13(10(8)14)5-3-2-4-12/h6-7H,2-5,12H2,1H3. The molecule has 0 bridgehead atoms. The molecule has 1 aromatic rings. The van der Waals surface area contributed by atoms with E-state index >= 15 is 0 Å². The Kier molecular flexibility index (Phi) is 4.35. The molecule has 2 N–H and O–H groups in total. The van der Waals surface area contributed by atoms with Crippen molar-refractivity contribution in [1.29, 1.82) is 0 Å². The van der Waals surface area contributed by atoms with Gasteiger partial charge in [-0.05, 0) is 48.3 Å². The number of unbranched alkanes of at least 4 members (excludes halogenated alkanes) is 1. The number of aryl methyl sites for hydroxylation is 2. The van der Waals surface area contributed by atoms with Crippen molar-refractivity contribution in [2.45, 2.75) is 26.3 Å². The Morgan fingerprint density at radius 1 is 1.50 bits per heavy atom. The Balaban J connectivity index is 2.81. The highest BCUT2D eigenvalue weighted by Gasteiger charge is 2.00. The van der Waals surface area contributed by atoms with Crippen LogP contribution in [0.1, 0.15) is 18.4 Å². The summed E-state index contributed by atoms with van der Waals surface area (Å²) in [6.07, 6.45) is 3.73. The van der Waals surface area contributed by atoms with Crippen molar-refractivity contribution >= 4 is 15.9 Å². The maximum absolute atomic E-state index is 11.6. The van der Waals surface area contributed by atoms with Crippen molar-refractivity contribution < 1.29 is 0 Å². The third kappa shape index (κ3) is 2.96. The van der Waals surface area contributed by atoms with Crippen LogP contribution in [0.5, 0.6) is 0 Å². The molecule has 0 amide bonds. The van der Waals surface area contributed by atoms with E-state index in [1.807, 2.05) is 19.2 Å². The van der Waals surface area contributed by atoms with Crippen LogP contribution in [0.15, 0.2) is 21.5 Å². The molecule has 4 heteroatoms. The summed E-state index contributed by atoms with van der Waals surface area (Å²) in [5.74, 6) is 0. The summed E-state index contributed by atoms with van der Waals surface area (Å²) >= 11 is 3.37. The van der Waals surface area contributed by atoms with Gasteiger partial charge in [0.25, 0.3) is 5.56 Å². The van der Waals surface area contributed by atoms with Crippen LogP contribution >= 0.6 is 15.9 Å². The fourth-order valence-corrected chi connectivity index (χ4v) is 1.92. The van der Waals surface area contributed by atoms with E-state index in [9.17, 15) is 4.79 Å². The molecule has 0 unspecified atom stereocenters. The monoisotopic (exact) mass is 258 g/mol. The number of aromatic nitrogens is 1. The van der Waals surface area contributed by atoms with Crippen LogP contribution in [-0.4, -0.2) is 11.1 Å². The third-order valence-electron chi connectivity index (χ3n) is 2.08. The first-order valence-corrected chi connectivity index (χ1v) is 5.51. The topological polar surface area (TPSA) is 48.0 Å². The van der Waals surface area contributed by atoms with Gasteiger partial charge in [0.05, 0.1) is 0 Å². The van der Waals surface area contributed by atoms with E-state index in [1.54, 1.807) is 4.57 Å². The summed E-state index contributed by atoms with van der Waals surface area (Å²) in [7, 11) is 0. The Morgan fingerprint density at radius 2 is 2.21 bits per heavy atom. The summed E-state index contributed by atoms with van der Waals surface area (Å²) in [5.41, 5.74) is 6.25. The first kappa shape index (κ1) is 11.5. The van der Waals surface area contributed by atoms with Gasteiger partial charge in [-0.3, -0.25) is 4.79 Å². The van der Waals surface area contributed by atoms with Crippen molar-refractivity contribution in [2.75, 3.05) is 6.54 Å². The van der Waals surface area contributed by atoms with Crippen molar-refractivity contribution in [3.8, 4) is 0 Å². The molecule has 0 atom stereocenters. The summed E-state index contributed by atoms with van der Waals surface area (Å²) in [6, 6.07) is 1.84. The quantitative estimate of drug-likeness (QED) is 0.836. The first-order chi connectivity index (χ1) is 6.65. The zero-order valence-electron chi connectivity index (χ0n) is 8.29. The van der Waals surface area contributed by atoms with Crippen LogP contribution in [0.3, 0.4) is 0 Å². The average Bonchev–Trinajstić information content (AvgIpc) is 2.13. The molecule has 0 radical (unpaired) electrons. The van der Waals surface area contributed by atoms with Crippen LogP contribution in [0.2, 0.25) is 0 Å². The lowest BCUT2D eigenvalue weighted by Gasteiger charge is -2.06. The highest BCUT2D eigenvalue weighted by atomic mass is 79.9. The Hall–Kier alpha value is -0.610. The van der Waals surface area contributed by atoms with Crippen molar-refractivity contribution in [3.05, 3.63) is 32.7 Å². The van der Waals surface area contributed by atoms with Crippen LogP contribution in [0.4, 0.5) is 0 Å². The van der Waals surface area contributed by atoms with Crippen LogP contribution in [-0.2, 0) is 6.54 Å². The molecule has 0 spiro atoms. The maximum Gasteiger partial charge on any atom is 0.253 e. The molecule has 0 saturated heterocycles. The van der Waals surface area contributed by atoms with Gasteiger partial charge in [-0.15, -0.1) is 0 Å².